The van der Waals surface area contributed by atoms with E-state index in [1.807, 2.05) is 24.3 Å². The summed E-state index contributed by atoms with van der Waals surface area (Å²) < 4.78 is 0. The van der Waals surface area contributed by atoms with Crippen LogP contribution in [0, 0.1) is 0 Å². The monoisotopic (exact) mass is 325 g/mol. The van der Waals surface area contributed by atoms with Gasteiger partial charge in [-0.2, -0.15) is 0 Å². The molecule has 0 aliphatic rings. The second-order valence-electron chi connectivity index (χ2n) is 6.29. The third kappa shape index (κ3) is 5.37. The van der Waals surface area contributed by atoms with Crippen LogP contribution >= 0.6 is 0 Å². The summed E-state index contributed by atoms with van der Waals surface area (Å²) in [5.41, 5.74) is 2.67. The lowest BCUT2D eigenvalue weighted by Gasteiger charge is -2.10. The van der Waals surface area contributed by atoms with Crippen LogP contribution in [-0.4, -0.2) is 17.4 Å². The molecule has 1 heterocycles. The summed E-state index contributed by atoms with van der Waals surface area (Å²) in [6.45, 7) is 7.36. The average molecular weight is 325 g/mol. The molecule has 2 aromatic rings. The molecule has 1 aromatic heterocycles. The predicted octanol–water partition coefficient (Wildman–Crippen LogP) is 5.06. The summed E-state index contributed by atoms with van der Waals surface area (Å²) in [6, 6.07) is 11.5. The fourth-order valence-electron chi connectivity index (χ4n) is 2.41. The molecule has 2 rings (SSSR count). The van der Waals surface area contributed by atoms with Crippen LogP contribution in [0.15, 0.2) is 42.6 Å². The minimum absolute atomic E-state index is 0.119. The van der Waals surface area contributed by atoms with E-state index in [2.05, 4.69) is 36.4 Å². The van der Waals surface area contributed by atoms with Gasteiger partial charge in [-0.05, 0) is 42.2 Å². The standard InChI is InChI=1S/C20H27N3O/c1-4-5-6-12-21-19-14-17(11-13-22-19)20(24)23-18-9-7-16(8-10-18)15(2)3/h7-11,13-15H,4-6,12H2,1-3H3,(H,21,22)(H,23,24). The SMILES string of the molecule is CCCCCNc1cc(C(=O)Nc2ccc(C(C)C)cc2)ccn1. The van der Waals surface area contributed by atoms with Gasteiger partial charge in [0, 0.05) is 24.0 Å². The number of hydrogen-bond donors (Lipinski definition) is 2. The van der Waals surface area contributed by atoms with Crippen LogP contribution in [0.4, 0.5) is 11.5 Å². The van der Waals surface area contributed by atoms with Gasteiger partial charge in [-0.1, -0.05) is 45.7 Å². The lowest BCUT2D eigenvalue weighted by Crippen LogP contribution is -2.13. The van der Waals surface area contributed by atoms with Gasteiger partial charge in [0.1, 0.15) is 5.82 Å². The first-order valence-electron chi connectivity index (χ1n) is 8.71. The molecular weight excluding hydrogens is 298 g/mol. The number of hydrogen-bond acceptors (Lipinski definition) is 3. The molecule has 0 bridgehead atoms. The first-order chi connectivity index (χ1) is 11.6. The number of carbonyl (C=O) groups excluding carboxylic acids is 1. The van der Waals surface area contributed by atoms with Gasteiger partial charge in [0.05, 0.1) is 0 Å². The minimum atomic E-state index is -0.119. The summed E-state index contributed by atoms with van der Waals surface area (Å²) in [7, 11) is 0. The number of anilines is 2. The van der Waals surface area contributed by atoms with Gasteiger partial charge < -0.3 is 10.6 Å². The molecule has 0 aliphatic heterocycles. The van der Waals surface area contributed by atoms with Crippen molar-refractivity contribution in [2.24, 2.45) is 0 Å². The number of benzene rings is 1. The summed E-state index contributed by atoms with van der Waals surface area (Å²) in [5, 5.41) is 6.20. The maximum Gasteiger partial charge on any atom is 0.255 e. The van der Waals surface area contributed by atoms with Crippen molar-refractivity contribution in [3.05, 3.63) is 53.7 Å². The highest BCUT2D eigenvalue weighted by molar-refractivity contribution is 6.04. The number of unbranched alkanes of at least 4 members (excludes halogenated alkanes) is 2. The highest BCUT2D eigenvalue weighted by Gasteiger charge is 2.08. The van der Waals surface area contributed by atoms with Crippen LogP contribution in [0.3, 0.4) is 0 Å². The molecular formula is C20H27N3O. The van der Waals surface area contributed by atoms with Crippen molar-refractivity contribution >= 4 is 17.4 Å². The number of nitrogens with one attached hydrogen (secondary N) is 2. The van der Waals surface area contributed by atoms with E-state index < -0.39 is 0 Å². The van der Waals surface area contributed by atoms with E-state index >= 15 is 0 Å². The Bertz CT molecular complexity index is 650. The van der Waals surface area contributed by atoms with Gasteiger partial charge in [0.25, 0.3) is 5.91 Å². The normalized spacial score (nSPS) is 10.7. The van der Waals surface area contributed by atoms with Gasteiger partial charge in [0.15, 0.2) is 0 Å². The summed E-state index contributed by atoms with van der Waals surface area (Å²) in [5.74, 6) is 1.11. The maximum absolute atomic E-state index is 12.4. The highest BCUT2D eigenvalue weighted by Crippen LogP contribution is 2.18. The van der Waals surface area contributed by atoms with Crippen LogP contribution in [0.1, 0.15) is 61.9 Å². The van der Waals surface area contributed by atoms with E-state index in [1.165, 1.54) is 18.4 Å². The van der Waals surface area contributed by atoms with Crippen molar-refractivity contribution < 1.29 is 4.79 Å². The molecule has 4 heteroatoms. The topological polar surface area (TPSA) is 54.0 Å². The van der Waals surface area contributed by atoms with Crippen LogP contribution in [0.2, 0.25) is 0 Å². The summed E-state index contributed by atoms with van der Waals surface area (Å²) >= 11 is 0. The number of rotatable bonds is 8. The molecule has 0 aliphatic carbocycles. The van der Waals surface area contributed by atoms with Crippen LogP contribution < -0.4 is 10.6 Å². The van der Waals surface area contributed by atoms with E-state index in [-0.39, 0.29) is 5.91 Å². The summed E-state index contributed by atoms with van der Waals surface area (Å²) in [6.07, 6.45) is 5.16. The molecule has 0 saturated carbocycles. The Hall–Kier alpha value is -2.36. The Morgan fingerprint density at radius 3 is 2.54 bits per heavy atom. The molecule has 0 radical (unpaired) electrons. The second kappa shape index (κ2) is 9.06. The molecule has 0 atom stereocenters. The van der Waals surface area contributed by atoms with Crippen LogP contribution in [-0.2, 0) is 0 Å². The van der Waals surface area contributed by atoms with E-state index in [1.54, 1.807) is 18.3 Å². The number of aromatic nitrogens is 1. The zero-order valence-corrected chi connectivity index (χ0v) is 14.8. The Kier molecular flexibility index (Phi) is 6.79. The van der Waals surface area contributed by atoms with Crippen molar-refractivity contribution in [3.8, 4) is 0 Å². The highest BCUT2D eigenvalue weighted by atomic mass is 16.1. The van der Waals surface area contributed by atoms with Crippen molar-refractivity contribution in [3.63, 3.8) is 0 Å². The molecule has 0 saturated heterocycles. The molecule has 0 spiro atoms. The van der Waals surface area contributed by atoms with Crippen molar-refractivity contribution in [2.45, 2.75) is 46.0 Å². The zero-order valence-electron chi connectivity index (χ0n) is 14.8. The minimum Gasteiger partial charge on any atom is -0.370 e. The van der Waals surface area contributed by atoms with Crippen molar-refractivity contribution in [1.82, 2.24) is 4.98 Å². The Labute approximate surface area is 144 Å². The van der Waals surface area contributed by atoms with E-state index in [9.17, 15) is 4.79 Å². The van der Waals surface area contributed by atoms with E-state index in [0.29, 0.717) is 11.5 Å². The number of nitrogens with zero attached hydrogens (tertiary/aromatic N) is 1. The molecule has 1 aromatic carbocycles. The van der Waals surface area contributed by atoms with Crippen LogP contribution in [0.5, 0.6) is 0 Å². The fourth-order valence-corrected chi connectivity index (χ4v) is 2.41. The average Bonchev–Trinajstić information content (AvgIpc) is 2.59. The molecule has 128 valence electrons. The Morgan fingerprint density at radius 1 is 1.12 bits per heavy atom. The zero-order chi connectivity index (χ0) is 17.4. The number of pyridine rings is 1. The predicted molar refractivity (Wildman–Crippen MR) is 101 cm³/mol. The summed E-state index contributed by atoms with van der Waals surface area (Å²) in [4.78, 5) is 16.7. The Balaban J connectivity index is 1.96. The fraction of sp³-hybridized carbons (Fsp3) is 0.400. The van der Waals surface area contributed by atoms with E-state index in [0.717, 1.165) is 24.5 Å². The van der Waals surface area contributed by atoms with Crippen molar-refractivity contribution in [1.29, 1.82) is 0 Å². The first kappa shape index (κ1) is 18.0. The Morgan fingerprint density at radius 2 is 1.88 bits per heavy atom. The number of carbonyl (C=O) groups is 1. The van der Waals surface area contributed by atoms with Gasteiger partial charge in [-0.15, -0.1) is 0 Å². The smallest absolute Gasteiger partial charge is 0.255 e. The molecule has 24 heavy (non-hydrogen) atoms. The van der Waals surface area contributed by atoms with Gasteiger partial charge in [-0.3, -0.25) is 4.79 Å². The molecule has 0 fully saturated rings. The third-order valence-corrected chi connectivity index (χ3v) is 3.94. The largest absolute Gasteiger partial charge is 0.370 e. The first-order valence-corrected chi connectivity index (χ1v) is 8.71. The third-order valence-electron chi connectivity index (χ3n) is 3.94. The molecule has 1 amide bonds. The lowest BCUT2D eigenvalue weighted by atomic mass is 10.0. The molecule has 2 N–H and O–H groups in total. The quantitative estimate of drug-likeness (QED) is 0.667. The molecule has 0 unspecified atom stereocenters. The van der Waals surface area contributed by atoms with Gasteiger partial charge in [-0.25, -0.2) is 4.98 Å². The van der Waals surface area contributed by atoms with Gasteiger partial charge in [0.2, 0.25) is 0 Å². The van der Waals surface area contributed by atoms with Crippen molar-refractivity contribution in [2.75, 3.05) is 17.2 Å². The molecule has 4 nitrogen and oxygen atoms in total. The van der Waals surface area contributed by atoms with Gasteiger partial charge >= 0.3 is 0 Å². The second-order valence-corrected chi connectivity index (χ2v) is 6.29. The van der Waals surface area contributed by atoms with E-state index in [4.69, 9.17) is 0 Å². The van der Waals surface area contributed by atoms with Crippen LogP contribution in [0.25, 0.3) is 0 Å². The number of amides is 1. The maximum atomic E-state index is 12.4. The lowest BCUT2D eigenvalue weighted by molar-refractivity contribution is 0.102.